The van der Waals surface area contributed by atoms with E-state index >= 15 is 0 Å². The zero-order valence-corrected chi connectivity index (χ0v) is 13.0. The van der Waals surface area contributed by atoms with Gasteiger partial charge in [0.05, 0.1) is 12.7 Å². The molecule has 3 aromatic rings. The molecule has 0 spiro atoms. The van der Waals surface area contributed by atoms with Gasteiger partial charge >= 0.3 is 0 Å². The van der Waals surface area contributed by atoms with Crippen LogP contribution in [0.5, 0.6) is 0 Å². The lowest BCUT2D eigenvalue weighted by Crippen LogP contribution is -1.99. The van der Waals surface area contributed by atoms with Crippen LogP contribution in [0.3, 0.4) is 0 Å². The number of nitrogens with zero attached hydrogens (tertiary/aromatic N) is 2. The second-order valence-corrected chi connectivity index (χ2v) is 5.89. The van der Waals surface area contributed by atoms with E-state index in [1.54, 1.807) is 0 Å². The largest absolute Gasteiger partial charge is 0.398 e. The van der Waals surface area contributed by atoms with Crippen LogP contribution >= 0.6 is 22.6 Å². The Morgan fingerprint density at radius 3 is 2.55 bits per heavy atom. The van der Waals surface area contributed by atoms with Crippen molar-refractivity contribution in [2.45, 2.75) is 6.54 Å². The van der Waals surface area contributed by atoms with Crippen LogP contribution in [-0.2, 0) is 6.54 Å². The lowest BCUT2D eigenvalue weighted by atomic mass is 10.1. The summed E-state index contributed by atoms with van der Waals surface area (Å²) in [5, 5.41) is 4.41. The lowest BCUT2D eigenvalue weighted by molar-refractivity contribution is 0.687. The maximum atomic E-state index is 5.99. The summed E-state index contributed by atoms with van der Waals surface area (Å²) >= 11 is 2.31. The number of hydrogen-bond donors (Lipinski definition) is 1. The van der Waals surface area contributed by atoms with E-state index in [2.05, 4.69) is 52.0 Å². The molecule has 0 saturated heterocycles. The first kappa shape index (κ1) is 13.2. The molecule has 2 N–H and O–H groups in total. The molecule has 0 saturated carbocycles. The fraction of sp³-hybridized carbons (Fsp3) is 0.0625. The highest BCUT2D eigenvalue weighted by molar-refractivity contribution is 14.1. The summed E-state index contributed by atoms with van der Waals surface area (Å²) in [5.74, 6) is 0. The van der Waals surface area contributed by atoms with Crippen LogP contribution in [0, 0.1) is 3.57 Å². The summed E-state index contributed by atoms with van der Waals surface area (Å²) in [6.07, 6.45) is 3.89. The molecule has 0 fully saturated rings. The van der Waals surface area contributed by atoms with E-state index in [1.807, 2.05) is 41.3 Å². The molecule has 0 aliphatic rings. The Kier molecular flexibility index (Phi) is 3.73. The van der Waals surface area contributed by atoms with E-state index in [0.29, 0.717) is 0 Å². The van der Waals surface area contributed by atoms with Crippen molar-refractivity contribution in [3.05, 3.63) is 70.1 Å². The molecule has 0 amide bonds. The van der Waals surface area contributed by atoms with Gasteiger partial charge in [-0.25, -0.2) is 0 Å². The van der Waals surface area contributed by atoms with Crippen molar-refractivity contribution in [2.75, 3.05) is 5.73 Å². The normalized spacial score (nSPS) is 10.7. The Labute approximate surface area is 131 Å². The van der Waals surface area contributed by atoms with E-state index in [4.69, 9.17) is 5.73 Å². The minimum Gasteiger partial charge on any atom is -0.398 e. The van der Waals surface area contributed by atoms with Crippen LogP contribution in [0.2, 0.25) is 0 Å². The van der Waals surface area contributed by atoms with Gasteiger partial charge in [0.2, 0.25) is 0 Å². The van der Waals surface area contributed by atoms with Gasteiger partial charge in [-0.1, -0.05) is 30.3 Å². The molecule has 0 unspecified atom stereocenters. The third-order valence-corrected chi connectivity index (χ3v) is 3.88. The van der Waals surface area contributed by atoms with Crippen molar-refractivity contribution in [1.82, 2.24) is 9.78 Å². The number of benzene rings is 2. The number of anilines is 1. The van der Waals surface area contributed by atoms with Crippen molar-refractivity contribution in [3.8, 4) is 11.1 Å². The zero-order valence-electron chi connectivity index (χ0n) is 10.8. The van der Waals surface area contributed by atoms with Gasteiger partial charge in [-0.2, -0.15) is 5.10 Å². The smallest absolute Gasteiger partial charge is 0.0659 e. The molecule has 20 heavy (non-hydrogen) atoms. The van der Waals surface area contributed by atoms with E-state index < -0.39 is 0 Å². The second-order valence-electron chi connectivity index (χ2n) is 4.64. The third kappa shape index (κ3) is 2.85. The van der Waals surface area contributed by atoms with Crippen molar-refractivity contribution < 1.29 is 0 Å². The summed E-state index contributed by atoms with van der Waals surface area (Å²) in [6, 6.07) is 16.3. The third-order valence-electron chi connectivity index (χ3n) is 3.16. The van der Waals surface area contributed by atoms with Crippen LogP contribution in [0.15, 0.2) is 60.9 Å². The molecule has 0 atom stereocenters. The van der Waals surface area contributed by atoms with Gasteiger partial charge in [-0.05, 0) is 46.4 Å². The SMILES string of the molecule is Nc1ccccc1-c1cnn(Cc2ccc(I)cc2)c1. The summed E-state index contributed by atoms with van der Waals surface area (Å²) in [5.41, 5.74) is 10.1. The average molecular weight is 375 g/mol. The Morgan fingerprint density at radius 1 is 1.05 bits per heavy atom. The molecule has 2 aromatic carbocycles. The first-order valence-corrected chi connectivity index (χ1v) is 7.42. The van der Waals surface area contributed by atoms with Gasteiger partial charge in [0, 0.05) is 26.6 Å². The molecule has 4 heteroatoms. The number of nitrogens with two attached hydrogens (primary N) is 1. The Hall–Kier alpha value is -1.82. The standard InChI is InChI=1S/C16H14IN3/c17-14-7-5-12(6-8-14)10-20-11-13(9-19-20)15-3-1-2-4-16(15)18/h1-9,11H,10,18H2. The average Bonchev–Trinajstić information content (AvgIpc) is 2.90. The van der Waals surface area contributed by atoms with Crippen molar-refractivity contribution in [3.63, 3.8) is 0 Å². The summed E-state index contributed by atoms with van der Waals surface area (Å²) in [7, 11) is 0. The quantitative estimate of drug-likeness (QED) is 0.559. The first-order chi connectivity index (χ1) is 9.72. The highest BCUT2D eigenvalue weighted by Gasteiger charge is 2.05. The summed E-state index contributed by atoms with van der Waals surface area (Å²) in [4.78, 5) is 0. The van der Waals surface area contributed by atoms with E-state index in [9.17, 15) is 0 Å². The van der Waals surface area contributed by atoms with Crippen LogP contribution in [0.25, 0.3) is 11.1 Å². The van der Waals surface area contributed by atoms with Gasteiger partial charge < -0.3 is 5.73 Å². The van der Waals surface area contributed by atoms with Gasteiger partial charge in [-0.3, -0.25) is 4.68 Å². The van der Waals surface area contributed by atoms with Crippen molar-refractivity contribution in [2.24, 2.45) is 0 Å². The highest BCUT2D eigenvalue weighted by Crippen LogP contribution is 2.24. The van der Waals surface area contributed by atoms with Crippen LogP contribution in [0.1, 0.15) is 5.56 Å². The predicted octanol–water partition coefficient (Wildman–Crippen LogP) is 3.79. The van der Waals surface area contributed by atoms with Gasteiger partial charge in [0.1, 0.15) is 0 Å². The molecule has 0 bridgehead atoms. The number of rotatable bonds is 3. The minimum atomic E-state index is 0.768. The van der Waals surface area contributed by atoms with Crippen LogP contribution in [-0.4, -0.2) is 9.78 Å². The van der Waals surface area contributed by atoms with Gasteiger partial charge in [0.15, 0.2) is 0 Å². The van der Waals surface area contributed by atoms with Crippen LogP contribution < -0.4 is 5.73 Å². The van der Waals surface area contributed by atoms with E-state index in [-0.39, 0.29) is 0 Å². The highest BCUT2D eigenvalue weighted by atomic mass is 127. The number of aromatic nitrogens is 2. The fourth-order valence-electron chi connectivity index (χ4n) is 2.13. The molecule has 1 heterocycles. The number of hydrogen-bond acceptors (Lipinski definition) is 2. The van der Waals surface area contributed by atoms with Crippen molar-refractivity contribution in [1.29, 1.82) is 0 Å². The molecule has 1 aromatic heterocycles. The van der Waals surface area contributed by atoms with Crippen LogP contribution in [0.4, 0.5) is 5.69 Å². The lowest BCUT2D eigenvalue weighted by Gasteiger charge is -2.03. The number of halogens is 1. The Balaban J connectivity index is 1.84. The fourth-order valence-corrected chi connectivity index (χ4v) is 2.49. The molecule has 0 radical (unpaired) electrons. The number of nitrogen functional groups attached to an aromatic ring is 1. The molecular formula is C16H14IN3. The zero-order chi connectivity index (χ0) is 13.9. The second kappa shape index (κ2) is 5.66. The summed E-state index contributed by atoms with van der Waals surface area (Å²) in [6.45, 7) is 0.768. The maximum Gasteiger partial charge on any atom is 0.0659 e. The molecular weight excluding hydrogens is 361 g/mol. The van der Waals surface area contributed by atoms with E-state index in [0.717, 1.165) is 23.4 Å². The van der Waals surface area contributed by atoms with Gasteiger partial charge in [0.25, 0.3) is 0 Å². The maximum absolute atomic E-state index is 5.99. The Morgan fingerprint density at radius 2 is 1.80 bits per heavy atom. The number of para-hydroxylation sites is 1. The minimum absolute atomic E-state index is 0.768. The van der Waals surface area contributed by atoms with E-state index in [1.165, 1.54) is 9.13 Å². The summed E-state index contributed by atoms with van der Waals surface area (Å²) < 4.78 is 3.17. The first-order valence-electron chi connectivity index (χ1n) is 6.34. The molecule has 3 rings (SSSR count). The van der Waals surface area contributed by atoms with Gasteiger partial charge in [-0.15, -0.1) is 0 Å². The molecule has 100 valence electrons. The Bertz CT molecular complexity index is 717. The topological polar surface area (TPSA) is 43.8 Å². The molecule has 0 aliphatic heterocycles. The molecule has 3 nitrogen and oxygen atoms in total. The van der Waals surface area contributed by atoms with Crippen molar-refractivity contribution >= 4 is 28.3 Å². The molecule has 0 aliphatic carbocycles. The predicted molar refractivity (Wildman–Crippen MR) is 90.3 cm³/mol. The monoisotopic (exact) mass is 375 g/mol.